The topological polar surface area (TPSA) is 46.3 Å². The first-order valence-electron chi connectivity index (χ1n) is 6.04. The molecule has 1 aromatic carbocycles. The highest BCUT2D eigenvalue weighted by molar-refractivity contribution is 7.13. The van der Waals surface area contributed by atoms with Gasteiger partial charge in [0.1, 0.15) is 0 Å². The van der Waals surface area contributed by atoms with E-state index in [4.69, 9.17) is 4.42 Å². The van der Waals surface area contributed by atoms with Gasteiger partial charge in [-0.15, -0.1) is 11.3 Å². The molecule has 0 radical (unpaired) electrons. The van der Waals surface area contributed by atoms with Crippen LogP contribution in [-0.2, 0) is 6.42 Å². The van der Waals surface area contributed by atoms with Crippen molar-refractivity contribution in [2.45, 2.75) is 12.5 Å². The molecule has 2 aromatic heterocycles. The SMILES string of the molecule is OC(Cc1csc(-c2ccco2)n1)c1ccccc1. The zero-order valence-corrected chi connectivity index (χ0v) is 11.0. The minimum atomic E-state index is -0.521. The van der Waals surface area contributed by atoms with Crippen LogP contribution in [-0.4, -0.2) is 10.1 Å². The zero-order chi connectivity index (χ0) is 13.1. The third-order valence-corrected chi connectivity index (χ3v) is 3.78. The summed E-state index contributed by atoms with van der Waals surface area (Å²) in [6.45, 7) is 0. The van der Waals surface area contributed by atoms with Crippen molar-refractivity contribution < 1.29 is 9.52 Å². The summed E-state index contributed by atoms with van der Waals surface area (Å²) in [6, 6.07) is 13.4. The van der Waals surface area contributed by atoms with E-state index in [1.54, 1.807) is 6.26 Å². The Morgan fingerprint density at radius 1 is 1.16 bits per heavy atom. The molecule has 0 aliphatic rings. The second-order valence-electron chi connectivity index (χ2n) is 4.25. The minimum absolute atomic E-state index is 0.515. The lowest BCUT2D eigenvalue weighted by Crippen LogP contribution is -2.01. The van der Waals surface area contributed by atoms with E-state index < -0.39 is 6.10 Å². The molecule has 19 heavy (non-hydrogen) atoms. The fraction of sp³-hybridized carbons (Fsp3) is 0.133. The van der Waals surface area contributed by atoms with E-state index in [0.717, 1.165) is 22.0 Å². The second kappa shape index (κ2) is 5.38. The van der Waals surface area contributed by atoms with Crippen molar-refractivity contribution in [3.8, 4) is 10.8 Å². The maximum absolute atomic E-state index is 10.2. The monoisotopic (exact) mass is 271 g/mol. The Morgan fingerprint density at radius 3 is 2.74 bits per heavy atom. The van der Waals surface area contributed by atoms with Crippen LogP contribution in [0.5, 0.6) is 0 Å². The normalized spacial score (nSPS) is 12.5. The van der Waals surface area contributed by atoms with Gasteiger partial charge in [-0.05, 0) is 17.7 Å². The van der Waals surface area contributed by atoms with Crippen molar-refractivity contribution in [3.05, 3.63) is 65.4 Å². The molecule has 2 heterocycles. The van der Waals surface area contributed by atoms with E-state index in [2.05, 4.69) is 4.98 Å². The molecule has 3 nitrogen and oxygen atoms in total. The van der Waals surface area contributed by atoms with Crippen LogP contribution in [0.3, 0.4) is 0 Å². The van der Waals surface area contributed by atoms with Gasteiger partial charge in [0, 0.05) is 11.8 Å². The maximum atomic E-state index is 10.2. The molecule has 0 saturated carbocycles. The van der Waals surface area contributed by atoms with E-state index >= 15 is 0 Å². The van der Waals surface area contributed by atoms with Gasteiger partial charge in [-0.3, -0.25) is 0 Å². The van der Waals surface area contributed by atoms with E-state index in [0.29, 0.717) is 6.42 Å². The van der Waals surface area contributed by atoms with Crippen LogP contribution in [0.15, 0.2) is 58.5 Å². The van der Waals surface area contributed by atoms with Crippen molar-refractivity contribution in [2.75, 3.05) is 0 Å². The van der Waals surface area contributed by atoms with Crippen LogP contribution in [0.25, 0.3) is 10.8 Å². The van der Waals surface area contributed by atoms with Crippen LogP contribution in [0.1, 0.15) is 17.4 Å². The fourth-order valence-corrected chi connectivity index (χ4v) is 2.70. The predicted molar refractivity (Wildman–Crippen MR) is 74.9 cm³/mol. The molecular weight excluding hydrogens is 258 g/mol. The smallest absolute Gasteiger partial charge is 0.162 e. The van der Waals surface area contributed by atoms with Crippen LogP contribution in [0.2, 0.25) is 0 Å². The molecule has 3 rings (SSSR count). The number of hydrogen-bond acceptors (Lipinski definition) is 4. The van der Waals surface area contributed by atoms with Crippen molar-refractivity contribution in [2.24, 2.45) is 0 Å². The van der Waals surface area contributed by atoms with E-state index in [-0.39, 0.29) is 0 Å². The standard InChI is InChI=1S/C15H13NO2S/c17-13(11-5-2-1-3-6-11)9-12-10-19-15(16-12)14-7-4-8-18-14/h1-8,10,13,17H,9H2. The van der Waals surface area contributed by atoms with E-state index in [1.165, 1.54) is 11.3 Å². The average Bonchev–Trinajstić information content (AvgIpc) is 3.10. The number of hydrogen-bond donors (Lipinski definition) is 1. The summed E-state index contributed by atoms with van der Waals surface area (Å²) < 4.78 is 5.31. The number of benzene rings is 1. The van der Waals surface area contributed by atoms with Crippen molar-refractivity contribution in [1.29, 1.82) is 0 Å². The molecule has 1 atom stereocenters. The number of aliphatic hydroxyl groups is 1. The summed E-state index contributed by atoms with van der Waals surface area (Å²) in [5, 5.41) is 13.0. The average molecular weight is 271 g/mol. The molecule has 0 spiro atoms. The van der Waals surface area contributed by atoms with Crippen LogP contribution in [0, 0.1) is 0 Å². The predicted octanol–water partition coefficient (Wildman–Crippen LogP) is 3.68. The summed E-state index contributed by atoms with van der Waals surface area (Å²) in [5.74, 6) is 0.769. The third-order valence-electron chi connectivity index (χ3n) is 2.87. The summed E-state index contributed by atoms with van der Waals surface area (Å²) in [4.78, 5) is 4.48. The van der Waals surface area contributed by atoms with Gasteiger partial charge < -0.3 is 9.52 Å². The molecule has 3 aromatic rings. The second-order valence-corrected chi connectivity index (χ2v) is 5.11. The molecule has 0 aliphatic carbocycles. The number of aromatic nitrogens is 1. The highest BCUT2D eigenvalue weighted by atomic mass is 32.1. The van der Waals surface area contributed by atoms with E-state index in [1.807, 2.05) is 47.8 Å². The van der Waals surface area contributed by atoms with Crippen LogP contribution < -0.4 is 0 Å². The molecule has 0 aliphatic heterocycles. The molecule has 0 bridgehead atoms. The molecule has 1 unspecified atom stereocenters. The number of aliphatic hydroxyl groups excluding tert-OH is 1. The first kappa shape index (κ1) is 12.1. The van der Waals surface area contributed by atoms with Crippen LogP contribution in [0.4, 0.5) is 0 Å². The first-order valence-corrected chi connectivity index (χ1v) is 6.92. The number of nitrogens with zero attached hydrogens (tertiary/aromatic N) is 1. The lowest BCUT2D eigenvalue weighted by Gasteiger charge is -2.08. The van der Waals surface area contributed by atoms with Gasteiger partial charge in [0.25, 0.3) is 0 Å². The van der Waals surface area contributed by atoms with Crippen molar-refractivity contribution in [3.63, 3.8) is 0 Å². The zero-order valence-electron chi connectivity index (χ0n) is 10.2. The summed E-state index contributed by atoms with van der Waals surface area (Å²) >= 11 is 1.53. The Bertz CT molecular complexity index is 631. The quantitative estimate of drug-likeness (QED) is 0.787. The van der Waals surface area contributed by atoms with Gasteiger partial charge in [-0.2, -0.15) is 0 Å². The molecule has 0 saturated heterocycles. The van der Waals surface area contributed by atoms with Gasteiger partial charge in [0.15, 0.2) is 10.8 Å². The van der Waals surface area contributed by atoms with Crippen molar-refractivity contribution in [1.82, 2.24) is 4.98 Å². The van der Waals surface area contributed by atoms with Crippen molar-refractivity contribution >= 4 is 11.3 Å². The Balaban J connectivity index is 1.74. The lowest BCUT2D eigenvalue weighted by molar-refractivity contribution is 0.177. The molecule has 96 valence electrons. The van der Waals surface area contributed by atoms with Crippen LogP contribution >= 0.6 is 11.3 Å². The van der Waals surface area contributed by atoms with Gasteiger partial charge in [0.05, 0.1) is 18.1 Å². The first-order chi connectivity index (χ1) is 9.33. The molecule has 0 amide bonds. The summed E-state index contributed by atoms with van der Waals surface area (Å²) in [5.41, 5.74) is 1.79. The third kappa shape index (κ3) is 2.75. The minimum Gasteiger partial charge on any atom is -0.462 e. The Hall–Kier alpha value is -1.91. The molecule has 1 N–H and O–H groups in total. The van der Waals surface area contributed by atoms with Gasteiger partial charge >= 0.3 is 0 Å². The number of furan rings is 1. The lowest BCUT2D eigenvalue weighted by atomic mass is 10.1. The molecular formula is C15H13NO2S. The largest absolute Gasteiger partial charge is 0.462 e. The van der Waals surface area contributed by atoms with E-state index in [9.17, 15) is 5.11 Å². The Kier molecular flexibility index (Phi) is 3.44. The van der Waals surface area contributed by atoms with Gasteiger partial charge in [-0.1, -0.05) is 30.3 Å². The maximum Gasteiger partial charge on any atom is 0.162 e. The van der Waals surface area contributed by atoms with Gasteiger partial charge in [-0.25, -0.2) is 4.98 Å². The summed E-state index contributed by atoms with van der Waals surface area (Å²) in [7, 11) is 0. The fourth-order valence-electron chi connectivity index (χ4n) is 1.91. The number of thiazole rings is 1. The van der Waals surface area contributed by atoms with Gasteiger partial charge in [0.2, 0.25) is 0 Å². The number of rotatable bonds is 4. The highest BCUT2D eigenvalue weighted by Crippen LogP contribution is 2.26. The summed E-state index contributed by atoms with van der Waals surface area (Å²) in [6.07, 6.45) is 1.63. The molecule has 0 fully saturated rings. The Labute approximate surface area is 115 Å². The molecule has 4 heteroatoms. The highest BCUT2D eigenvalue weighted by Gasteiger charge is 2.12. The Morgan fingerprint density at radius 2 is 2.00 bits per heavy atom.